The Morgan fingerprint density at radius 1 is 1.43 bits per heavy atom. The van der Waals surface area contributed by atoms with E-state index in [2.05, 4.69) is 34.3 Å². The molecule has 0 radical (unpaired) electrons. The number of methoxy groups -OCH3 is 1. The van der Waals surface area contributed by atoms with Gasteiger partial charge in [0, 0.05) is 36.6 Å². The van der Waals surface area contributed by atoms with Crippen molar-refractivity contribution in [3.63, 3.8) is 0 Å². The van der Waals surface area contributed by atoms with Crippen molar-refractivity contribution >= 4 is 11.3 Å². The van der Waals surface area contributed by atoms with Crippen LogP contribution in [0.3, 0.4) is 0 Å². The highest BCUT2D eigenvalue weighted by atomic mass is 32.1. The third kappa shape index (κ3) is 3.10. The highest BCUT2D eigenvalue weighted by Gasteiger charge is 2.26. The van der Waals surface area contributed by atoms with Crippen molar-refractivity contribution in [1.29, 1.82) is 0 Å². The van der Waals surface area contributed by atoms with E-state index in [1.807, 2.05) is 17.6 Å². The first-order valence-corrected chi connectivity index (χ1v) is 8.14. The van der Waals surface area contributed by atoms with E-state index in [4.69, 9.17) is 4.74 Å². The number of benzene rings is 1. The topological polar surface area (TPSA) is 37.4 Å². The van der Waals surface area contributed by atoms with E-state index < -0.39 is 0 Å². The molecule has 2 aromatic rings. The SMILES string of the molecule is COc1ccccc1[C@@H]1CNCCN1Cc1scnc1C. The zero-order chi connectivity index (χ0) is 14.7. The van der Waals surface area contributed by atoms with Gasteiger partial charge in [0.2, 0.25) is 0 Å². The maximum absolute atomic E-state index is 5.54. The molecule has 2 heterocycles. The van der Waals surface area contributed by atoms with Crippen LogP contribution in [-0.4, -0.2) is 36.6 Å². The fourth-order valence-electron chi connectivity index (χ4n) is 2.85. The summed E-state index contributed by atoms with van der Waals surface area (Å²) in [6, 6.07) is 8.67. The summed E-state index contributed by atoms with van der Waals surface area (Å²) < 4.78 is 5.54. The van der Waals surface area contributed by atoms with E-state index in [9.17, 15) is 0 Å². The van der Waals surface area contributed by atoms with Gasteiger partial charge in [-0.25, -0.2) is 4.98 Å². The van der Waals surface area contributed by atoms with Gasteiger partial charge in [-0.2, -0.15) is 0 Å². The van der Waals surface area contributed by atoms with Crippen LogP contribution in [0.4, 0.5) is 0 Å². The van der Waals surface area contributed by atoms with Crippen LogP contribution in [0.2, 0.25) is 0 Å². The molecule has 4 nitrogen and oxygen atoms in total. The number of nitrogens with one attached hydrogen (secondary N) is 1. The molecule has 0 bridgehead atoms. The zero-order valence-corrected chi connectivity index (χ0v) is 13.3. The summed E-state index contributed by atoms with van der Waals surface area (Å²) in [6.45, 7) is 6.08. The summed E-state index contributed by atoms with van der Waals surface area (Å²) in [5.41, 5.74) is 4.34. The Morgan fingerprint density at radius 3 is 3.05 bits per heavy atom. The second-order valence-electron chi connectivity index (χ2n) is 5.29. The molecular weight excluding hydrogens is 282 g/mol. The lowest BCUT2D eigenvalue weighted by molar-refractivity contribution is 0.152. The lowest BCUT2D eigenvalue weighted by atomic mass is 10.0. The Labute approximate surface area is 129 Å². The van der Waals surface area contributed by atoms with E-state index in [0.717, 1.165) is 37.6 Å². The number of para-hydroxylation sites is 1. The van der Waals surface area contributed by atoms with E-state index in [0.29, 0.717) is 6.04 Å². The quantitative estimate of drug-likeness (QED) is 0.942. The fourth-order valence-corrected chi connectivity index (χ4v) is 3.65. The van der Waals surface area contributed by atoms with Crippen LogP contribution < -0.4 is 10.1 Å². The fraction of sp³-hybridized carbons (Fsp3) is 0.438. The number of aryl methyl sites for hydroxylation is 1. The van der Waals surface area contributed by atoms with Crippen LogP contribution in [-0.2, 0) is 6.54 Å². The minimum atomic E-state index is 0.344. The normalized spacial score (nSPS) is 19.6. The first kappa shape index (κ1) is 14.5. The van der Waals surface area contributed by atoms with Crippen LogP contribution >= 0.6 is 11.3 Å². The molecule has 1 N–H and O–H groups in total. The number of nitrogens with zero attached hydrogens (tertiary/aromatic N) is 2. The molecule has 3 rings (SSSR count). The molecule has 5 heteroatoms. The van der Waals surface area contributed by atoms with Gasteiger partial charge >= 0.3 is 0 Å². The Hall–Kier alpha value is -1.43. The molecule has 0 spiro atoms. The van der Waals surface area contributed by atoms with Gasteiger partial charge in [0.25, 0.3) is 0 Å². The van der Waals surface area contributed by atoms with E-state index in [1.54, 1.807) is 18.4 Å². The van der Waals surface area contributed by atoms with E-state index in [1.165, 1.54) is 10.4 Å². The summed E-state index contributed by atoms with van der Waals surface area (Å²) in [4.78, 5) is 8.25. The van der Waals surface area contributed by atoms with Crippen molar-refractivity contribution in [2.45, 2.75) is 19.5 Å². The molecule has 112 valence electrons. The van der Waals surface area contributed by atoms with Crippen molar-refractivity contribution in [2.75, 3.05) is 26.7 Å². The maximum atomic E-state index is 5.54. The van der Waals surface area contributed by atoms with Gasteiger partial charge in [-0.15, -0.1) is 11.3 Å². The molecule has 1 fully saturated rings. The molecule has 1 aromatic heterocycles. The highest BCUT2D eigenvalue weighted by Crippen LogP contribution is 2.31. The predicted octanol–water partition coefficient (Wildman–Crippen LogP) is 2.61. The minimum absolute atomic E-state index is 0.344. The molecule has 1 aliphatic heterocycles. The second kappa shape index (κ2) is 6.56. The number of piperazine rings is 1. The molecule has 1 saturated heterocycles. The average molecular weight is 303 g/mol. The number of thiazole rings is 1. The monoisotopic (exact) mass is 303 g/mol. The van der Waals surface area contributed by atoms with Crippen molar-refractivity contribution < 1.29 is 4.74 Å². The number of ether oxygens (including phenoxy) is 1. The molecule has 0 aliphatic carbocycles. The summed E-state index contributed by atoms with van der Waals surface area (Å²) in [5.74, 6) is 0.970. The summed E-state index contributed by atoms with van der Waals surface area (Å²) in [5, 5.41) is 3.50. The smallest absolute Gasteiger partial charge is 0.123 e. The molecule has 0 unspecified atom stereocenters. The first-order valence-electron chi connectivity index (χ1n) is 7.26. The maximum Gasteiger partial charge on any atom is 0.123 e. The first-order chi connectivity index (χ1) is 10.3. The molecule has 0 saturated carbocycles. The van der Waals surface area contributed by atoms with Crippen molar-refractivity contribution in [1.82, 2.24) is 15.2 Å². The van der Waals surface area contributed by atoms with Gasteiger partial charge in [-0.3, -0.25) is 4.90 Å². The van der Waals surface area contributed by atoms with Crippen LogP contribution in [0.1, 0.15) is 22.2 Å². The highest BCUT2D eigenvalue weighted by molar-refractivity contribution is 7.09. The third-order valence-corrected chi connectivity index (χ3v) is 4.96. The summed E-state index contributed by atoms with van der Waals surface area (Å²) >= 11 is 1.75. The average Bonchev–Trinajstić information content (AvgIpc) is 2.93. The van der Waals surface area contributed by atoms with Crippen LogP contribution in [0.15, 0.2) is 29.8 Å². The van der Waals surface area contributed by atoms with E-state index >= 15 is 0 Å². The minimum Gasteiger partial charge on any atom is -0.496 e. The van der Waals surface area contributed by atoms with Crippen LogP contribution in [0.5, 0.6) is 5.75 Å². The van der Waals surface area contributed by atoms with Gasteiger partial charge in [0.05, 0.1) is 24.4 Å². The van der Waals surface area contributed by atoms with Crippen molar-refractivity contribution in [3.05, 3.63) is 45.9 Å². The number of rotatable bonds is 4. The Kier molecular flexibility index (Phi) is 4.53. The lowest BCUT2D eigenvalue weighted by Gasteiger charge is -2.36. The number of hydrogen-bond acceptors (Lipinski definition) is 5. The summed E-state index contributed by atoms with van der Waals surface area (Å²) in [6.07, 6.45) is 0. The molecule has 0 amide bonds. The zero-order valence-electron chi connectivity index (χ0n) is 12.5. The molecular formula is C16H21N3OS. The number of aromatic nitrogens is 1. The molecule has 1 aromatic carbocycles. The van der Waals surface area contributed by atoms with Gasteiger partial charge < -0.3 is 10.1 Å². The number of hydrogen-bond donors (Lipinski definition) is 1. The molecule has 21 heavy (non-hydrogen) atoms. The van der Waals surface area contributed by atoms with Gasteiger partial charge in [-0.1, -0.05) is 18.2 Å². The Morgan fingerprint density at radius 2 is 2.29 bits per heavy atom. The lowest BCUT2D eigenvalue weighted by Crippen LogP contribution is -2.45. The van der Waals surface area contributed by atoms with Gasteiger partial charge in [-0.05, 0) is 13.0 Å². The van der Waals surface area contributed by atoms with Crippen LogP contribution in [0, 0.1) is 6.92 Å². The van der Waals surface area contributed by atoms with Crippen molar-refractivity contribution in [3.8, 4) is 5.75 Å². The van der Waals surface area contributed by atoms with Crippen molar-refractivity contribution in [2.24, 2.45) is 0 Å². The Bertz CT molecular complexity index is 599. The molecule has 1 aliphatic rings. The van der Waals surface area contributed by atoms with Crippen LogP contribution in [0.25, 0.3) is 0 Å². The third-order valence-electron chi connectivity index (χ3n) is 4.04. The Balaban J connectivity index is 1.86. The second-order valence-corrected chi connectivity index (χ2v) is 6.23. The summed E-state index contributed by atoms with van der Waals surface area (Å²) in [7, 11) is 1.74. The van der Waals surface area contributed by atoms with Gasteiger partial charge in [0.15, 0.2) is 0 Å². The van der Waals surface area contributed by atoms with Gasteiger partial charge in [0.1, 0.15) is 5.75 Å². The predicted molar refractivity (Wildman–Crippen MR) is 85.9 cm³/mol. The standard InChI is InChI=1S/C16H21N3OS/c1-12-16(21-11-18-12)10-19-8-7-17-9-14(19)13-5-3-4-6-15(13)20-2/h3-6,11,14,17H,7-10H2,1-2H3/t14-/m0/s1. The largest absolute Gasteiger partial charge is 0.496 e. The molecule has 1 atom stereocenters. The van der Waals surface area contributed by atoms with E-state index in [-0.39, 0.29) is 0 Å².